The Morgan fingerprint density at radius 3 is 3.12 bits per heavy atom. The number of nitrogens with one attached hydrogen (secondary N) is 1. The Labute approximate surface area is 109 Å². The molecule has 0 amide bonds. The van der Waals surface area contributed by atoms with Gasteiger partial charge in [0.15, 0.2) is 5.65 Å². The van der Waals surface area contributed by atoms with Crippen molar-refractivity contribution >= 4 is 27.5 Å². The molecule has 5 heteroatoms. The zero-order valence-electron chi connectivity index (χ0n) is 9.73. The molecule has 17 heavy (non-hydrogen) atoms. The molecule has 0 aromatic carbocycles. The van der Waals surface area contributed by atoms with E-state index in [1.807, 2.05) is 18.3 Å². The minimum Gasteiger partial charge on any atom is -0.353 e. The van der Waals surface area contributed by atoms with Gasteiger partial charge in [-0.2, -0.15) is 4.98 Å². The van der Waals surface area contributed by atoms with Gasteiger partial charge in [-0.25, -0.2) is 4.52 Å². The van der Waals surface area contributed by atoms with Crippen molar-refractivity contribution in [2.75, 3.05) is 11.9 Å². The molecule has 4 nitrogen and oxygen atoms in total. The molecule has 2 aromatic heterocycles. The predicted molar refractivity (Wildman–Crippen MR) is 71.1 cm³/mol. The molecule has 1 aliphatic carbocycles. The summed E-state index contributed by atoms with van der Waals surface area (Å²) < 4.78 is 2.79. The predicted octanol–water partition coefficient (Wildman–Crippen LogP) is 2.95. The molecule has 3 rings (SSSR count). The van der Waals surface area contributed by atoms with Crippen molar-refractivity contribution in [2.24, 2.45) is 11.8 Å². The standard InChI is InChI=1S/C12H15BrN4/c1-8(9-2-3-9)6-14-12-15-11-5-4-10(13)7-17(11)16-12/h4-5,7-9H,2-3,6H2,1H3,(H,14,16). The number of nitrogens with zero attached hydrogens (tertiary/aromatic N) is 3. The zero-order valence-corrected chi connectivity index (χ0v) is 11.3. The van der Waals surface area contributed by atoms with E-state index in [1.54, 1.807) is 4.52 Å². The number of pyridine rings is 1. The monoisotopic (exact) mass is 294 g/mol. The number of halogens is 1. The Balaban J connectivity index is 1.72. The van der Waals surface area contributed by atoms with Crippen molar-refractivity contribution in [2.45, 2.75) is 19.8 Å². The molecule has 0 radical (unpaired) electrons. The second-order valence-corrected chi connectivity index (χ2v) is 5.70. The lowest BCUT2D eigenvalue weighted by Gasteiger charge is -2.08. The van der Waals surface area contributed by atoms with Crippen molar-refractivity contribution in [3.63, 3.8) is 0 Å². The zero-order chi connectivity index (χ0) is 11.8. The van der Waals surface area contributed by atoms with Crippen LogP contribution in [-0.4, -0.2) is 21.1 Å². The summed E-state index contributed by atoms with van der Waals surface area (Å²) in [5.41, 5.74) is 0.870. The van der Waals surface area contributed by atoms with E-state index < -0.39 is 0 Å². The topological polar surface area (TPSA) is 42.2 Å². The second-order valence-electron chi connectivity index (χ2n) is 4.78. The molecule has 1 saturated carbocycles. The SMILES string of the molecule is CC(CNc1nc2ccc(Br)cn2n1)C1CC1. The molecule has 1 aliphatic rings. The summed E-state index contributed by atoms with van der Waals surface area (Å²) in [6.45, 7) is 3.25. The Kier molecular flexibility index (Phi) is 2.78. The van der Waals surface area contributed by atoms with Crippen LogP contribution in [0.15, 0.2) is 22.8 Å². The first-order valence-electron chi connectivity index (χ1n) is 5.98. The molecule has 1 atom stereocenters. The van der Waals surface area contributed by atoms with Crippen LogP contribution >= 0.6 is 15.9 Å². The first kappa shape index (κ1) is 11.0. The second kappa shape index (κ2) is 4.29. The smallest absolute Gasteiger partial charge is 0.243 e. The highest BCUT2D eigenvalue weighted by Crippen LogP contribution is 2.36. The number of rotatable bonds is 4. The van der Waals surface area contributed by atoms with Crippen LogP contribution in [0.25, 0.3) is 5.65 Å². The lowest BCUT2D eigenvalue weighted by atomic mass is 10.1. The van der Waals surface area contributed by atoms with Gasteiger partial charge in [0.05, 0.1) is 0 Å². The van der Waals surface area contributed by atoms with Crippen LogP contribution in [0.2, 0.25) is 0 Å². The lowest BCUT2D eigenvalue weighted by Crippen LogP contribution is -2.13. The highest BCUT2D eigenvalue weighted by molar-refractivity contribution is 9.10. The molecule has 90 valence electrons. The summed E-state index contributed by atoms with van der Waals surface area (Å²) in [6, 6.07) is 3.92. The summed E-state index contributed by atoms with van der Waals surface area (Å²) in [5, 5.41) is 7.71. The minimum atomic E-state index is 0.716. The fourth-order valence-electron chi connectivity index (χ4n) is 2.02. The van der Waals surface area contributed by atoms with Crippen molar-refractivity contribution in [3.8, 4) is 0 Å². The van der Waals surface area contributed by atoms with E-state index in [-0.39, 0.29) is 0 Å². The van der Waals surface area contributed by atoms with Gasteiger partial charge in [-0.1, -0.05) is 6.92 Å². The molecule has 0 spiro atoms. The van der Waals surface area contributed by atoms with Gasteiger partial charge >= 0.3 is 0 Å². The number of hydrogen-bond acceptors (Lipinski definition) is 3. The van der Waals surface area contributed by atoms with Crippen LogP contribution < -0.4 is 5.32 Å². The van der Waals surface area contributed by atoms with Crippen LogP contribution in [0.1, 0.15) is 19.8 Å². The number of hydrogen-bond donors (Lipinski definition) is 1. The van der Waals surface area contributed by atoms with Crippen LogP contribution in [-0.2, 0) is 0 Å². The van der Waals surface area contributed by atoms with E-state index in [9.17, 15) is 0 Å². The van der Waals surface area contributed by atoms with Gasteiger partial charge in [-0.3, -0.25) is 0 Å². The number of anilines is 1. The maximum atomic E-state index is 4.43. The quantitative estimate of drug-likeness (QED) is 0.943. The van der Waals surface area contributed by atoms with Gasteiger partial charge in [0.1, 0.15) is 0 Å². The summed E-state index contributed by atoms with van der Waals surface area (Å²) >= 11 is 3.42. The molecule has 0 bridgehead atoms. The molecular formula is C12H15BrN4. The normalized spacial score (nSPS) is 17.3. The fourth-order valence-corrected chi connectivity index (χ4v) is 2.34. The minimum absolute atomic E-state index is 0.716. The third-order valence-corrected chi connectivity index (χ3v) is 3.77. The maximum Gasteiger partial charge on any atom is 0.243 e. The summed E-state index contributed by atoms with van der Waals surface area (Å²) in [6.07, 6.45) is 4.68. The third-order valence-electron chi connectivity index (χ3n) is 3.30. The summed E-state index contributed by atoms with van der Waals surface area (Å²) in [5.74, 6) is 2.35. The van der Waals surface area contributed by atoms with Crippen molar-refractivity contribution in [3.05, 3.63) is 22.8 Å². The highest BCUT2D eigenvalue weighted by atomic mass is 79.9. The van der Waals surface area contributed by atoms with Crippen molar-refractivity contribution in [1.29, 1.82) is 0 Å². The van der Waals surface area contributed by atoms with Gasteiger partial charge < -0.3 is 5.32 Å². The molecule has 0 saturated heterocycles. The Morgan fingerprint density at radius 2 is 2.35 bits per heavy atom. The van der Waals surface area contributed by atoms with Gasteiger partial charge in [0.25, 0.3) is 0 Å². The molecular weight excluding hydrogens is 280 g/mol. The molecule has 0 aliphatic heterocycles. The van der Waals surface area contributed by atoms with E-state index in [0.29, 0.717) is 5.92 Å². The van der Waals surface area contributed by atoms with Gasteiger partial charge in [-0.05, 0) is 52.7 Å². The van der Waals surface area contributed by atoms with E-state index in [4.69, 9.17) is 0 Å². The molecule has 2 heterocycles. The first-order valence-corrected chi connectivity index (χ1v) is 6.77. The molecule has 1 N–H and O–H groups in total. The average Bonchev–Trinajstić information content (AvgIpc) is 3.07. The van der Waals surface area contributed by atoms with Crippen molar-refractivity contribution in [1.82, 2.24) is 14.6 Å². The van der Waals surface area contributed by atoms with E-state index in [2.05, 4.69) is 38.3 Å². The van der Waals surface area contributed by atoms with Gasteiger partial charge in [0, 0.05) is 17.2 Å². The lowest BCUT2D eigenvalue weighted by molar-refractivity contribution is 0.535. The molecule has 1 fully saturated rings. The van der Waals surface area contributed by atoms with Crippen LogP contribution in [0.4, 0.5) is 5.95 Å². The van der Waals surface area contributed by atoms with Crippen LogP contribution in [0.5, 0.6) is 0 Å². The Hall–Kier alpha value is -1.10. The fraction of sp³-hybridized carbons (Fsp3) is 0.500. The number of aromatic nitrogens is 3. The van der Waals surface area contributed by atoms with Gasteiger partial charge in [0.2, 0.25) is 5.95 Å². The highest BCUT2D eigenvalue weighted by Gasteiger charge is 2.27. The van der Waals surface area contributed by atoms with Crippen molar-refractivity contribution < 1.29 is 0 Å². The third kappa shape index (κ3) is 2.44. The first-order chi connectivity index (χ1) is 8.22. The Morgan fingerprint density at radius 1 is 1.53 bits per heavy atom. The Bertz CT molecular complexity index is 532. The number of fused-ring (bicyclic) bond motifs is 1. The summed E-state index contributed by atoms with van der Waals surface area (Å²) in [4.78, 5) is 4.43. The van der Waals surface area contributed by atoms with Gasteiger partial charge in [-0.15, -0.1) is 5.10 Å². The van der Waals surface area contributed by atoms with Crippen LogP contribution in [0.3, 0.4) is 0 Å². The summed E-state index contributed by atoms with van der Waals surface area (Å²) in [7, 11) is 0. The molecule has 2 aromatic rings. The van der Waals surface area contributed by atoms with E-state index >= 15 is 0 Å². The maximum absolute atomic E-state index is 4.43. The van der Waals surface area contributed by atoms with Crippen LogP contribution in [0, 0.1) is 11.8 Å². The molecule has 1 unspecified atom stereocenters. The van der Waals surface area contributed by atoms with E-state index in [0.717, 1.165) is 28.5 Å². The van der Waals surface area contributed by atoms with E-state index in [1.165, 1.54) is 12.8 Å². The average molecular weight is 295 g/mol. The largest absolute Gasteiger partial charge is 0.353 e.